The Hall–Kier alpha value is -2.81. The van der Waals surface area contributed by atoms with Crippen LogP contribution in [0.4, 0.5) is 0 Å². The van der Waals surface area contributed by atoms with E-state index in [0.29, 0.717) is 13.2 Å². The molecule has 0 aliphatic carbocycles. The summed E-state index contributed by atoms with van der Waals surface area (Å²) >= 11 is 0. The molecule has 2 aromatic carbocycles. The van der Waals surface area contributed by atoms with Crippen molar-refractivity contribution in [2.75, 3.05) is 6.61 Å². The first-order valence-corrected chi connectivity index (χ1v) is 7.56. The van der Waals surface area contributed by atoms with Crippen LogP contribution in [-0.2, 0) is 16.1 Å². The smallest absolute Gasteiger partial charge is 0.330 e. The Morgan fingerprint density at radius 2 is 1.74 bits per heavy atom. The summed E-state index contributed by atoms with van der Waals surface area (Å²) in [7, 11) is 0. The normalized spacial score (nSPS) is 11.0. The van der Waals surface area contributed by atoms with Crippen molar-refractivity contribution in [3.63, 3.8) is 0 Å². The second kappa shape index (κ2) is 9.26. The van der Waals surface area contributed by atoms with Crippen molar-refractivity contribution < 1.29 is 14.3 Å². The minimum atomic E-state index is -0.332. The second-order valence-corrected chi connectivity index (χ2v) is 4.81. The van der Waals surface area contributed by atoms with Crippen molar-refractivity contribution in [1.29, 1.82) is 0 Å². The summed E-state index contributed by atoms with van der Waals surface area (Å²) in [6.07, 6.45) is 6.78. The molecule has 2 rings (SSSR count). The minimum Gasteiger partial charge on any atom is -0.489 e. The van der Waals surface area contributed by atoms with Crippen LogP contribution in [0.15, 0.2) is 72.8 Å². The van der Waals surface area contributed by atoms with E-state index in [1.807, 2.05) is 60.7 Å². The number of carbonyl (C=O) groups excluding carboxylic acids is 1. The third kappa shape index (κ3) is 6.22. The van der Waals surface area contributed by atoms with E-state index in [4.69, 9.17) is 9.47 Å². The van der Waals surface area contributed by atoms with Crippen molar-refractivity contribution in [3.8, 4) is 5.75 Å². The van der Waals surface area contributed by atoms with Crippen molar-refractivity contribution in [3.05, 3.63) is 84.0 Å². The number of hydrogen-bond acceptors (Lipinski definition) is 3. The molecular formula is C20H20O3. The van der Waals surface area contributed by atoms with Gasteiger partial charge in [0.05, 0.1) is 6.61 Å². The van der Waals surface area contributed by atoms with Crippen LogP contribution >= 0.6 is 0 Å². The average Bonchev–Trinajstić information content (AvgIpc) is 2.59. The molecule has 0 amide bonds. The van der Waals surface area contributed by atoms with Gasteiger partial charge in [0.2, 0.25) is 0 Å². The molecule has 23 heavy (non-hydrogen) atoms. The molecule has 0 heterocycles. The van der Waals surface area contributed by atoms with Crippen LogP contribution in [0.25, 0.3) is 6.08 Å². The third-order valence-electron chi connectivity index (χ3n) is 3.05. The molecule has 0 saturated carbocycles. The van der Waals surface area contributed by atoms with Gasteiger partial charge in [-0.1, -0.05) is 60.7 Å². The highest BCUT2D eigenvalue weighted by molar-refractivity contribution is 5.82. The van der Waals surface area contributed by atoms with Crippen LogP contribution in [0.1, 0.15) is 18.1 Å². The molecule has 0 unspecified atom stereocenters. The van der Waals surface area contributed by atoms with Crippen molar-refractivity contribution >= 4 is 12.0 Å². The fourth-order valence-electron chi connectivity index (χ4n) is 1.91. The van der Waals surface area contributed by atoms with Gasteiger partial charge in [-0.25, -0.2) is 4.79 Å². The summed E-state index contributed by atoms with van der Waals surface area (Å²) in [4.78, 5) is 11.1. The van der Waals surface area contributed by atoms with E-state index in [9.17, 15) is 4.79 Å². The Morgan fingerprint density at radius 3 is 2.43 bits per heavy atom. The van der Waals surface area contributed by atoms with Crippen LogP contribution in [0.5, 0.6) is 5.75 Å². The van der Waals surface area contributed by atoms with Crippen LogP contribution in [0.2, 0.25) is 0 Å². The number of allylic oxidation sites excluding steroid dienone is 2. The summed E-state index contributed by atoms with van der Waals surface area (Å²) in [5.74, 6) is 0.495. The maximum absolute atomic E-state index is 11.1. The Morgan fingerprint density at radius 1 is 1.00 bits per heavy atom. The molecule has 0 atom stereocenters. The summed E-state index contributed by atoms with van der Waals surface area (Å²) in [6, 6.07) is 17.8. The molecule has 0 aromatic heterocycles. The molecule has 0 bridgehead atoms. The summed E-state index contributed by atoms with van der Waals surface area (Å²) in [5, 5.41) is 0. The monoisotopic (exact) mass is 308 g/mol. The van der Waals surface area contributed by atoms with Crippen LogP contribution in [0.3, 0.4) is 0 Å². The average molecular weight is 308 g/mol. The quantitative estimate of drug-likeness (QED) is 0.432. The number of rotatable bonds is 7. The minimum absolute atomic E-state index is 0.332. The lowest BCUT2D eigenvalue weighted by Gasteiger charge is -2.06. The summed E-state index contributed by atoms with van der Waals surface area (Å²) < 4.78 is 10.5. The second-order valence-electron chi connectivity index (χ2n) is 4.81. The molecule has 0 N–H and O–H groups in total. The van der Waals surface area contributed by atoms with Crippen molar-refractivity contribution in [1.82, 2.24) is 0 Å². The van der Waals surface area contributed by atoms with E-state index in [0.717, 1.165) is 16.9 Å². The third-order valence-corrected chi connectivity index (χ3v) is 3.05. The maximum atomic E-state index is 11.1. The van der Waals surface area contributed by atoms with E-state index in [1.54, 1.807) is 19.1 Å². The van der Waals surface area contributed by atoms with Gasteiger partial charge in [0.1, 0.15) is 12.4 Å². The van der Waals surface area contributed by atoms with Gasteiger partial charge in [-0.05, 0) is 30.2 Å². The van der Waals surface area contributed by atoms with Gasteiger partial charge in [0.25, 0.3) is 0 Å². The molecule has 0 radical (unpaired) electrons. The summed E-state index contributed by atoms with van der Waals surface area (Å²) in [6.45, 7) is 2.72. The largest absolute Gasteiger partial charge is 0.489 e. The first-order chi connectivity index (χ1) is 11.3. The van der Waals surface area contributed by atoms with Gasteiger partial charge in [0.15, 0.2) is 0 Å². The molecule has 0 aliphatic rings. The zero-order valence-corrected chi connectivity index (χ0v) is 13.1. The van der Waals surface area contributed by atoms with Gasteiger partial charge in [-0.3, -0.25) is 0 Å². The lowest BCUT2D eigenvalue weighted by molar-refractivity contribution is -0.137. The molecular weight excluding hydrogens is 288 g/mol. The number of ether oxygens (including phenoxy) is 2. The number of esters is 1. The zero-order chi connectivity index (χ0) is 16.3. The van der Waals surface area contributed by atoms with Crippen molar-refractivity contribution in [2.24, 2.45) is 0 Å². The van der Waals surface area contributed by atoms with E-state index in [2.05, 4.69) is 0 Å². The van der Waals surface area contributed by atoms with E-state index in [1.165, 1.54) is 6.08 Å². The fraction of sp³-hybridized carbons (Fsp3) is 0.150. The van der Waals surface area contributed by atoms with E-state index < -0.39 is 0 Å². The Bertz CT molecular complexity index is 655. The molecule has 0 spiro atoms. The SMILES string of the molecule is CCOC(=O)/C=C/C=C/c1ccc(OCc2ccccc2)cc1. The molecule has 2 aromatic rings. The summed E-state index contributed by atoms with van der Waals surface area (Å²) in [5.41, 5.74) is 2.17. The zero-order valence-electron chi connectivity index (χ0n) is 13.1. The van der Waals surface area contributed by atoms with Crippen LogP contribution in [0, 0.1) is 0 Å². The number of carbonyl (C=O) groups is 1. The van der Waals surface area contributed by atoms with E-state index >= 15 is 0 Å². The van der Waals surface area contributed by atoms with Crippen LogP contribution in [-0.4, -0.2) is 12.6 Å². The lowest BCUT2D eigenvalue weighted by Crippen LogP contribution is -1.98. The molecule has 3 nitrogen and oxygen atoms in total. The first kappa shape index (κ1) is 16.6. The highest BCUT2D eigenvalue weighted by Gasteiger charge is 1.95. The molecule has 0 fully saturated rings. The maximum Gasteiger partial charge on any atom is 0.330 e. The number of hydrogen-bond donors (Lipinski definition) is 0. The molecule has 3 heteroatoms. The number of benzene rings is 2. The fourth-order valence-corrected chi connectivity index (χ4v) is 1.91. The van der Waals surface area contributed by atoms with Crippen molar-refractivity contribution in [2.45, 2.75) is 13.5 Å². The molecule has 0 saturated heterocycles. The molecule has 0 aliphatic heterocycles. The van der Waals surface area contributed by atoms with Crippen LogP contribution < -0.4 is 4.74 Å². The van der Waals surface area contributed by atoms with E-state index in [-0.39, 0.29) is 5.97 Å². The lowest BCUT2D eigenvalue weighted by atomic mass is 10.2. The van der Waals surface area contributed by atoms with Gasteiger partial charge < -0.3 is 9.47 Å². The predicted molar refractivity (Wildman–Crippen MR) is 92.0 cm³/mol. The van der Waals surface area contributed by atoms with Gasteiger partial charge in [-0.2, -0.15) is 0 Å². The Kier molecular flexibility index (Phi) is 6.66. The first-order valence-electron chi connectivity index (χ1n) is 7.56. The standard InChI is InChI=1S/C20H20O3/c1-2-22-20(21)11-7-6-8-17-12-14-19(15-13-17)23-16-18-9-4-3-5-10-18/h3-15H,2,16H2,1H3/b8-6+,11-7+. The Labute approximate surface area is 136 Å². The van der Waals surface area contributed by atoms with Gasteiger partial charge in [-0.15, -0.1) is 0 Å². The van der Waals surface area contributed by atoms with Gasteiger partial charge in [0, 0.05) is 6.08 Å². The Balaban J connectivity index is 1.83. The van der Waals surface area contributed by atoms with Gasteiger partial charge >= 0.3 is 5.97 Å². The molecule has 118 valence electrons. The highest BCUT2D eigenvalue weighted by atomic mass is 16.5. The highest BCUT2D eigenvalue weighted by Crippen LogP contribution is 2.15. The predicted octanol–water partition coefficient (Wildman–Crippen LogP) is 4.40. The topological polar surface area (TPSA) is 35.5 Å².